The second-order valence-corrected chi connectivity index (χ2v) is 3.47. The molecule has 13 heavy (non-hydrogen) atoms. The lowest BCUT2D eigenvalue weighted by molar-refractivity contribution is 0.915. The van der Waals surface area contributed by atoms with Crippen LogP contribution in [-0.2, 0) is 0 Å². The van der Waals surface area contributed by atoms with Crippen molar-refractivity contribution < 1.29 is 0 Å². The minimum absolute atomic E-state index is 0.268. The Morgan fingerprint density at radius 2 is 1.77 bits per heavy atom. The molecule has 4 heteroatoms. The quantitative estimate of drug-likeness (QED) is 0.591. The van der Waals surface area contributed by atoms with Crippen molar-refractivity contribution in [1.82, 2.24) is 0 Å². The zero-order valence-electron chi connectivity index (χ0n) is 6.93. The van der Waals surface area contributed by atoms with Gasteiger partial charge in [0.2, 0.25) is 0 Å². The molecule has 1 atom stereocenters. The molecule has 0 aromatic heterocycles. The van der Waals surface area contributed by atoms with Crippen LogP contribution in [0.1, 0.15) is 11.6 Å². The van der Waals surface area contributed by atoms with Gasteiger partial charge < -0.3 is 11.5 Å². The standard InChI is InChI=1S/C9H10Cl2N2/c1-2-8(12)5-3-6(10)9(13)7(11)4-5/h2-4,8H,1,12-13H2/t8-/m0/s1. The van der Waals surface area contributed by atoms with Crippen LogP contribution >= 0.6 is 23.2 Å². The fraction of sp³-hybridized carbons (Fsp3) is 0.111. The van der Waals surface area contributed by atoms with E-state index in [1.807, 2.05) is 0 Å². The molecule has 2 nitrogen and oxygen atoms in total. The van der Waals surface area contributed by atoms with Crippen molar-refractivity contribution in [2.45, 2.75) is 6.04 Å². The number of halogens is 2. The molecule has 1 rings (SSSR count). The Hall–Kier alpha value is -0.700. The highest BCUT2D eigenvalue weighted by molar-refractivity contribution is 6.38. The smallest absolute Gasteiger partial charge is 0.0693 e. The van der Waals surface area contributed by atoms with Gasteiger partial charge >= 0.3 is 0 Å². The Labute approximate surface area is 87.1 Å². The third-order valence-corrected chi connectivity index (χ3v) is 2.37. The summed E-state index contributed by atoms with van der Waals surface area (Å²) >= 11 is 11.6. The van der Waals surface area contributed by atoms with Gasteiger partial charge in [-0.05, 0) is 17.7 Å². The molecule has 0 saturated heterocycles. The van der Waals surface area contributed by atoms with Crippen molar-refractivity contribution in [1.29, 1.82) is 0 Å². The van der Waals surface area contributed by atoms with Crippen LogP contribution in [-0.4, -0.2) is 0 Å². The Morgan fingerprint density at radius 3 is 2.15 bits per heavy atom. The van der Waals surface area contributed by atoms with Gasteiger partial charge in [-0.2, -0.15) is 0 Å². The first-order valence-electron chi connectivity index (χ1n) is 3.68. The number of benzene rings is 1. The normalized spacial score (nSPS) is 12.5. The summed E-state index contributed by atoms with van der Waals surface area (Å²) in [4.78, 5) is 0. The highest BCUT2D eigenvalue weighted by Gasteiger charge is 2.07. The van der Waals surface area contributed by atoms with Crippen molar-refractivity contribution in [2.75, 3.05) is 5.73 Å². The first kappa shape index (κ1) is 10.4. The second-order valence-electron chi connectivity index (χ2n) is 2.66. The lowest BCUT2D eigenvalue weighted by atomic mass is 10.1. The maximum absolute atomic E-state index is 5.82. The first-order chi connectivity index (χ1) is 6.06. The van der Waals surface area contributed by atoms with Crippen molar-refractivity contribution in [2.24, 2.45) is 5.73 Å². The Morgan fingerprint density at radius 1 is 1.31 bits per heavy atom. The Kier molecular flexibility index (Phi) is 3.20. The maximum Gasteiger partial charge on any atom is 0.0693 e. The molecule has 4 N–H and O–H groups in total. The van der Waals surface area contributed by atoms with E-state index >= 15 is 0 Å². The van der Waals surface area contributed by atoms with E-state index in [1.165, 1.54) is 0 Å². The lowest BCUT2D eigenvalue weighted by Gasteiger charge is -2.09. The van der Waals surface area contributed by atoms with Crippen LogP contribution in [0.5, 0.6) is 0 Å². The number of anilines is 1. The monoisotopic (exact) mass is 216 g/mol. The van der Waals surface area contributed by atoms with Crippen LogP contribution in [0.15, 0.2) is 24.8 Å². The van der Waals surface area contributed by atoms with Crippen LogP contribution in [0.25, 0.3) is 0 Å². The molecule has 0 aliphatic heterocycles. The predicted octanol–water partition coefficient (Wildman–Crippen LogP) is 2.76. The Bertz CT molecular complexity index is 313. The molecule has 70 valence electrons. The van der Waals surface area contributed by atoms with E-state index in [1.54, 1.807) is 18.2 Å². The van der Waals surface area contributed by atoms with Gasteiger partial charge in [0.1, 0.15) is 0 Å². The van der Waals surface area contributed by atoms with Gasteiger partial charge in [0.15, 0.2) is 0 Å². The van der Waals surface area contributed by atoms with Gasteiger partial charge in [0, 0.05) is 6.04 Å². The molecular weight excluding hydrogens is 207 g/mol. The summed E-state index contributed by atoms with van der Waals surface area (Å²) in [6.45, 7) is 3.58. The number of rotatable bonds is 2. The van der Waals surface area contributed by atoms with Crippen LogP contribution in [0, 0.1) is 0 Å². The van der Waals surface area contributed by atoms with E-state index in [0.29, 0.717) is 15.7 Å². The van der Waals surface area contributed by atoms with Gasteiger partial charge in [-0.3, -0.25) is 0 Å². The summed E-state index contributed by atoms with van der Waals surface area (Å²) in [7, 11) is 0. The summed E-state index contributed by atoms with van der Waals surface area (Å²) in [5.74, 6) is 0. The zero-order chi connectivity index (χ0) is 10.0. The molecule has 0 saturated carbocycles. The molecule has 0 aliphatic carbocycles. The Balaban J connectivity index is 3.20. The number of hydrogen-bond acceptors (Lipinski definition) is 2. The summed E-state index contributed by atoms with van der Waals surface area (Å²) < 4.78 is 0. The summed E-state index contributed by atoms with van der Waals surface area (Å²) in [5.41, 5.74) is 12.5. The van der Waals surface area contributed by atoms with Crippen LogP contribution in [0.4, 0.5) is 5.69 Å². The fourth-order valence-electron chi connectivity index (χ4n) is 0.932. The minimum Gasteiger partial charge on any atom is -0.396 e. The van der Waals surface area contributed by atoms with E-state index in [4.69, 9.17) is 34.7 Å². The highest BCUT2D eigenvalue weighted by atomic mass is 35.5. The third-order valence-electron chi connectivity index (χ3n) is 1.74. The van der Waals surface area contributed by atoms with Gasteiger partial charge in [-0.15, -0.1) is 6.58 Å². The number of nitrogen functional groups attached to an aromatic ring is 1. The van der Waals surface area contributed by atoms with Crippen LogP contribution < -0.4 is 11.5 Å². The summed E-state index contributed by atoms with van der Waals surface area (Å²) in [6.07, 6.45) is 1.61. The molecule has 1 aromatic carbocycles. The number of hydrogen-bond donors (Lipinski definition) is 2. The van der Waals surface area contributed by atoms with E-state index in [-0.39, 0.29) is 6.04 Å². The lowest BCUT2D eigenvalue weighted by Crippen LogP contribution is -2.06. The van der Waals surface area contributed by atoms with Gasteiger partial charge in [0.05, 0.1) is 15.7 Å². The summed E-state index contributed by atoms with van der Waals surface area (Å²) in [5, 5.41) is 0.833. The van der Waals surface area contributed by atoms with Crippen molar-refractivity contribution in [3.05, 3.63) is 40.4 Å². The predicted molar refractivity (Wildman–Crippen MR) is 58.0 cm³/mol. The zero-order valence-corrected chi connectivity index (χ0v) is 8.44. The highest BCUT2D eigenvalue weighted by Crippen LogP contribution is 2.30. The number of nitrogens with two attached hydrogens (primary N) is 2. The molecule has 0 fully saturated rings. The molecule has 0 amide bonds. The average Bonchev–Trinajstić information content (AvgIpc) is 2.12. The average molecular weight is 217 g/mol. The molecule has 0 bridgehead atoms. The fourth-order valence-corrected chi connectivity index (χ4v) is 1.44. The molecule has 1 aromatic rings. The molecule has 0 aliphatic rings. The van der Waals surface area contributed by atoms with E-state index in [9.17, 15) is 0 Å². The molecule has 0 spiro atoms. The largest absolute Gasteiger partial charge is 0.396 e. The van der Waals surface area contributed by atoms with Crippen LogP contribution in [0.3, 0.4) is 0 Å². The first-order valence-corrected chi connectivity index (χ1v) is 4.44. The summed E-state index contributed by atoms with van der Waals surface area (Å²) in [6, 6.07) is 3.11. The van der Waals surface area contributed by atoms with Gasteiger partial charge in [-0.25, -0.2) is 0 Å². The molecule has 0 unspecified atom stereocenters. The molecule has 0 radical (unpaired) electrons. The third kappa shape index (κ3) is 2.15. The molecular formula is C9H10Cl2N2. The maximum atomic E-state index is 5.82. The van der Waals surface area contributed by atoms with Gasteiger partial charge in [0.25, 0.3) is 0 Å². The minimum atomic E-state index is -0.268. The SMILES string of the molecule is C=C[C@H](N)c1cc(Cl)c(N)c(Cl)c1. The van der Waals surface area contributed by atoms with Crippen molar-refractivity contribution in [3.63, 3.8) is 0 Å². The molecule has 0 heterocycles. The van der Waals surface area contributed by atoms with Gasteiger partial charge in [-0.1, -0.05) is 29.3 Å². The van der Waals surface area contributed by atoms with Crippen molar-refractivity contribution >= 4 is 28.9 Å². The van der Waals surface area contributed by atoms with E-state index in [0.717, 1.165) is 5.56 Å². The van der Waals surface area contributed by atoms with Crippen molar-refractivity contribution in [3.8, 4) is 0 Å². The van der Waals surface area contributed by atoms with E-state index < -0.39 is 0 Å². The van der Waals surface area contributed by atoms with Crippen LogP contribution in [0.2, 0.25) is 10.0 Å². The second kappa shape index (κ2) is 4.01. The topological polar surface area (TPSA) is 52.0 Å². The van der Waals surface area contributed by atoms with E-state index in [2.05, 4.69) is 6.58 Å².